The van der Waals surface area contributed by atoms with Crippen LogP contribution in [0.3, 0.4) is 0 Å². The van der Waals surface area contributed by atoms with E-state index in [-0.39, 0.29) is 23.4 Å². The Morgan fingerprint density at radius 1 is 1.00 bits per heavy atom. The zero-order chi connectivity index (χ0) is 19.3. The quantitative estimate of drug-likeness (QED) is 0.471. The third-order valence-electron chi connectivity index (χ3n) is 5.28. The van der Waals surface area contributed by atoms with Crippen molar-refractivity contribution in [1.82, 2.24) is 0 Å². The first kappa shape index (κ1) is 21.3. The number of carbonyl (C=O) groups is 1. The minimum Gasteiger partial charge on any atom is -0.507 e. The average Bonchev–Trinajstić information content (AvgIpc) is 2.58. The van der Waals surface area contributed by atoms with E-state index >= 15 is 0 Å². The Hall–Kier alpha value is -1.77. The van der Waals surface area contributed by atoms with Crippen LogP contribution in [-0.2, 0) is 15.6 Å². The van der Waals surface area contributed by atoms with Crippen molar-refractivity contribution in [3.8, 4) is 5.75 Å². The van der Waals surface area contributed by atoms with Gasteiger partial charge in [0.1, 0.15) is 12.4 Å². The number of rotatable bonds is 8. The fourth-order valence-corrected chi connectivity index (χ4v) is 2.61. The molecule has 1 rings (SSSR count). The second-order valence-electron chi connectivity index (χ2n) is 7.87. The SMILES string of the molecule is CC/C=C/COC(=O)c1cc(C(C)(C)CC)c(O)c(C(C)(C)CC)c1. The molecular weight excluding hydrogens is 312 g/mol. The third kappa shape index (κ3) is 5.10. The molecule has 3 heteroatoms. The number of aromatic hydroxyl groups is 1. The molecule has 0 aliphatic carbocycles. The highest BCUT2D eigenvalue weighted by Gasteiger charge is 2.30. The van der Waals surface area contributed by atoms with Crippen LogP contribution in [0, 0.1) is 0 Å². The summed E-state index contributed by atoms with van der Waals surface area (Å²) in [5.41, 5.74) is 1.69. The van der Waals surface area contributed by atoms with Gasteiger partial charge in [0.05, 0.1) is 5.56 Å². The Balaban J connectivity index is 3.39. The molecule has 1 aromatic carbocycles. The lowest BCUT2D eigenvalue weighted by atomic mass is 9.75. The van der Waals surface area contributed by atoms with Gasteiger partial charge in [0.15, 0.2) is 0 Å². The maximum atomic E-state index is 12.5. The summed E-state index contributed by atoms with van der Waals surface area (Å²) >= 11 is 0. The van der Waals surface area contributed by atoms with E-state index in [9.17, 15) is 9.90 Å². The highest BCUT2D eigenvalue weighted by molar-refractivity contribution is 5.90. The molecule has 0 saturated heterocycles. The van der Waals surface area contributed by atoms with Crippen molar-refractivity contribution in [2.45, 2.75) is 78.6 Å². The number of hydrogen-bond acceptors (Lipinski definition) is 3. The lowest BCUT2D eigenvalue weighted by molar-refractivity contribution is 0.0549. The van der Waals surface area contributed by atoms with Gasteiger partial charge in [-0.05, 0) is 42.2 Å². The van der Waals surface area contributed by atoms with Crippen molar-refractivity contribution in [3.63, 3.8) is 0 Å². The Bertz CT molecular complexity index is 587. The van der Waals surface area contributed by atoms with E-state index in [0.29, 0.717) is 11.3 Å². The van der Waals surface area contributed by atoms with Crippen LogP contribution in [0.1, 0.15) is 89.2 Å². The first-order chi connectivity index (χ1) is 11.6. The van der Waals surface area contributed by atoms with Crippen LogP contribution in [-0.4, -0.2) is 17.7 Å². The monoisotopic (exact) mass is 346 g/mol. The lowest BCUT2D eigenvalue weighted by Crippen LogP contribution is -2.22. The molecule has 0 aliphatic heterocycles. The molecule has 25 heavy (non-hydrogen) atoms. The van der Waals surface area contributed by atoms with Crippen LogP contribution in [0.5, 0.6) is 5.75 Å². The molecule has 0 saturated carbocycles. The molecule has 0 bridgehead atoms. The second kappa shape index (κ2) is 8.55. The molecule has 0 fully saturated rings. The number of phenolic OH excluding ortho intramolecular Hbond substituents is 1. The number of hydrogen-bond donors (Lipinski definition) is 1. The molecule has 0 aliphatic rings. The maximum Gasteiger partial charge on any atom is 0.338 e. The second-order valence-corrected chi connectivity index (χ2v) is 7.87. The molecule has 140 valence electrons. The summed E-state index contributed by atoms with van der Waals surface area (Å²) in [4.78, 5) is 12.5. The predicted octanol–water partition coefficient (Wildman–Crippen LogP) is 5.89. The summed E-state index contributed by atoms with van der Waals surface area (Å²) in [6, 6.07) is 3.58. The van der Waals surface area contributed by atoms with Crippen molar-refractivity contribution in [3.05, 3.63) is 41.0 Å². The van der Waals surface area contributed by atoms with Gasteiger partial charge in [-0.15, -0.1) is 0 Å². The molecule has 0 unspecified atom stereocenters. The molecule has 1 aromatic rings. The highest BCUT2D eigenvalue weighted by atomic mass is 16.5. The first-order valence-corrected chi connectivity index (χ1v) is 9.30. The highest BCUT2D eigenvalue weighted by Crippen LogP contribution is 2.42. The smallest absolute Gasteiger partial charge is 0.338 e. The first-order valence-electron chi connectivity index (χ1n) is 9.30. The van der Waals surface area contributed by atoms with Crippen LogP contribution >= 0.6 is 0 Å². The summed E-state index contributed by atoms with van der Waals surface area (Å²) in [5.74, 6) is -0.0387. The lowest BCUT2D eigenvalue weighted by Gasteiger charge is -2.31. The van der Waals surface area contributed by atoms with E-state index in [1.54, 1.807) is 12.1 Å². The van der Waals surface area contributed by atoms with E-state index in [1.165, 1.54) is 0 Å². The van der Waals surface area contributed by atoms with E-state index in [0.717, 1.165) is 30.4 Å². The van der Waals surface area contributed by atoms with Gasteiger partial charge < -0.3 is 9.84 Å². The van der Waals surface area contributed by atoms with Gasteiger partial charge in [0.2, 0.25) is 0 Å². The van der Waals surface area contributed by atoms with Crippen molar-refractivity contribution in [2.24, 2.45) is 0 Å². The van der Waals surface area contributed by atoms with Crippen LogP contribution in [0.25, 0.3) is 0 Å². The van der Waals surface area contributed by atoms with Gasteiger partial charge in [0, 0.05) is 11.1 Å². The Labute approximate surface area is 153 Å². The van der Waals surface area contributed by atoms with Gasteiger partial charge in [0.25, 0.3) is 0 Å². The van der Waals surface area contributed by atoms with Crippen molar-refractivity contribution in [2.75, 3.05) is 6.61 Å². The minimum atomic E-state index is -0.345. The predicted molar refractivity (Wildman–Crippen MR) is 104 cm³/mol. The largest absolute Gasteiger partial charge is 0.507 e. The zero-order valence-corrected chi connectivity index (χ0v) is 16.9. The normalized spacial score (nSPS) is 12.6. The molecule has 0 heterocycles. The van der Waals surface area contributed by atoms with E-state index < -0.39 is 0 Å². The third-order valence-corrected chi connectivity index (χ3v) is 5.28. The summed E-state index contributed by atoms with van der Waals surface area (Å²) in [7, 11) is 0. The van der Waals surface area contributed by atoms with Gasteiger partial charge in [-0.25, -0.2) is 4.79 Å². The van der Waals surface area contributed by atoms with Crippen LogP contribution < -0.4 is 0 Å². The number of esters is 1. The van der Waals surface area contributed by atoms with Gasteiger partial charge in [-0.3, -0.25) is 0 Å². The van der Waals surface area contributed by atoms with Crippen LogP contribution in [0.4, 0.5) is 0 Å². The van der Waals surface area contributed by atoms with Crippen molar-refractivity contribution in [1.29, 1.82) is 0 Å². The van der Waals surface area contributed by atoms with E-state index in [2.05, 4.69) is 41.5 Å². The molecule has 0 spiro atoms. The number of allylic oxidation sites excluding steroid dienone is 1. The Morgan fingerprint density at radius 3 is 1.88 bits per heavy atom. The molecule has 0 atom stereocenters. The number of benzene rings is 1. The van der Waals surface area contributed by atoms with Crippen LogP contribution in [0.2, 0.25) is 0 Å². The molecule has 3 nitrogen and oxygen atoms in total. The number of carbonyl (C=O) groups excluding carboxylic acids is 1. The maximum absolute atomic E-state index is 12.5. The number of ether oxygens (including phenoxy) is 1. The van der Waals surface area contributed by atoms with Crippen molar-refractivity contribution >= 4 is 5.97 Å². The average molecular weight is 347 g/mol. The zero-order valence-electron chi connectivity index (χ0n) is 16.9. The van der Waals surface area contributed by atoms with Gasteiger partial charge in [-0.1, -0.05) is 60.6 Å². The Kier molecular flexibility index (Phi) is 7.28. The summed E-state index contributed by atoms with van der Waals surface area (Å²) in [5, 5.41) is 10.9. The molecular formula is C22H34O3. The molecule has 0 amide bonds. The van der Waals surface area contributed by atoms with Gasteiger partial charge >= 0.3 is 5.97 Å². The van der Waals surface area contributed by atoms with Gasteiger partial charge in [-0.2, -0.15) is 0 Å². The standard InChI is InChI=1S/C22H34O3/c1-8-11-12-13-25-20(24)16-14-17(21(4,5)9-2)19(23)18(15-16)22(6,7)10-3/h11-12,14-15,23H,8-10,13H2,1-7H3/b12-11+. The van der Waals surface area contributed by atoms with Crippen molar-refractivity contribution < 1.29 is 14.6 Å². The minimum absolute atomic E-state index is 0.221. The number of phenols is 1. The fraction of sp³-hybridized carbons (Fsp3) is 0.591. The van der Waals surface area contributed by atoms with E-state index in [4.69, 9.17) is 4.74 Å². The molecule has 1 N–H and O–H groups in total. The summed E-state index contributed by atoms with van der Waals surface area (Å²) < 4.78 is 5.37. The fourth-order valence-electron chi connectivity index (χ4n) is 2.61. The Morgan fingerprint density at radius 2 is 1.48 bits per heavy atom. The van der Waals surface area contributed by atoms with Crippen LogP contribution in [0.15, 0.2) is 24.3 Å². The molecule has 0 aromatic heterocycles. The van der Waals surface area contributed by atoms with E-state index in [1.807, 2.05) is 19.1 Å². The summed E-state index contributed by atoms with van der Waals surface area (Å²) in [6.07, 6.45) is 6.47. The summed E-state index contributed by atoms with van der Waals surface area (Å²) in [6.45, 7) is 14.8. The molecule has 0 radical (unpaired) electrons. The topological polar surface area (TPSA) is 46.5 Å².